The fraction of sp³-hybridized carbons (Fsp3) is 0.619. The van der Waals surface area contributed by atoms with E-state index in [2.05, 4.69) is 13.0 Å². The molecule has 0 aromatic rings. The molecule has 0 radical (unpaired) electrons. The molecule has 0 saturated carbocycles. The van der Waals surface area contributed by atoms with Gasteiger partial charge in [-0.15, -0.1) is 0 Å². The maximum atomic E-state index is 12.1. The van der Waals surface area contributed by atoms with Gasteiger partial charge in [-0.25, -0.2) is 0 Å². The molecule has 0 spiro atoms. The first-order valence-corrected chi connectivity index (χ1v) is 9.80. The molecule has 2 atom stereocenters. The Morgan fingerprint density at radius 1 is 1.36 bits per heavy atom. The highest BCUT2D eigenvalue weighted by molar-refractivity contribution is 6.46. The first kappa shape index (κ1) is 21.7. The number of carbonyl (C=O) groups is 2. The molecule has 1 rings (SSSR count). The number of ketones is 1. The van der Waals surface area contributed by atoms with Gasteiger partial charge in [-0.2, -0.15) is 0 Å². The lowest BCUT2D eigenvalue weighted by molar-refractivity contribution is -0.149. The Morgan fingerprint density at radius 2 is 2.12 bits per heavy atom. The first-order chi connectivity index (χ1) is 12.0. The van der Waals surface area contributed by atoms with Gasteiger partial charge in [0.2, 0.25) is 0 Å². The number of allylic oxidation sites excluding steroid dienone is 5. The Morgan fingerprint density at radius 3 is 2.72 bits per heavy atom. The van der Waals surface area contributed by atoms with Gasteiger partial charge in [0, 0.05) is 24.3 Å². The van der Waals surface area contributed by atoms with E-state index in [4.69, 9.17) is 16.3 Å². The highest BCUT2D eigenvalue weighted by Gasteiger charge is 2.26. The monoisotopic (exact) mass is 366 g/mol. The van der Waals surface area contributed by atoms with Crippen molar-refractivity contribution in [2.45, 2.75) is 78.2 Å². The van der Waals surface area contributed by atoms with Crippen LogP contribution < -0.4 is 0 Å². The lowest BCUT2D eigenvalue weighted by atomic mass is 10.00. The average molecular weight is 367 g/mol. The van der Waals surface area contributed by atoms with Crippen LogP contribution in [0.25, 0.3) is 0 Å². The minimum Gasteiger partial charge on any atom is -0.462 e. The number of carbonyl (C=O) groups excluding carboxylic acids is 2. The van der Waals surface area contributed by atoms with Crippen molar-refractivity contribution in [3.8, 4) is 0 Å². The van der Waals surface area contributed by atoms with Crippen LogP contribution in [0.5, 0.6) is 0 Å². The van der Waals surface area contributed by atoms with Gasteiger partial charge in [0.1, 0.15) is 6.10 Å². The summed E-state index contributed by atoms with van der Waals surface area (Å²) in [6.45, 7) is 6.08. The van der Waals surface area contributed by atoms with Crippen molar-refractivity contribution in [2.75, 3.05) is 0 Å². The van der Waals surface area contributed by atoms with Crippen molar-refractivity contribution < 1.29 is 14.3 Å². The van der Waals surface area contributed by atoms with Crippen molar-refractivity contribution in [1.29, 1.82) is 0 Å². The molecule has 4 heteroatoms. The van der Waals surface area contributed by atoms with E-state index in [-0.39, 0.29) is 23.8 Å². The number of hydrogen-bond acceptors (Lipinski definition) is 3. The van der Waals surface area contributed by atoms with Crippen molar-refractivity contribution in [3.05, 3.63) is 34.9 Å². The van der Waals surface area contributed by atoms with E-state index in [1.54, 1.807) is 6.08 Å². The predicted octanol–water partition coefficient (Wildman–Crippen LogP) is 5.88. The van der Waals surface area contributed by atoms with Crippen LogP contribution in [0.4, 0.5) is 0 Å². The third-order valence-electron chi connectivity index (χ3n) is 4.38. The topological polar surface area (TPSA) is 43.4 Å². The minimum atomic E-state index is -0.160. The van der Waals surface area contributed by atoms with Gasteiger partial charge in [0.25, 0.3) is 0 Å². The second-order valence-corrected chi connectivity index (χ2v) is 7.00. The molecule has 3 nitrogen and oxygen atoms in total. The predicted molar refractivity (Wildman–Crippen MR) is 103 cm³/mol. The summed E-state index contributed by atoms with van der Waals surface area (Å²) in [6, 6.07) is 0. The molecule has 0 saturated heterocycles. The fourth-order valence-electron chi connectivity index (χ4n) is 2.89. The van der Waals surface area contributed by atoms with E-state index in [0.717, 1.165) is 44.1 Å². The molecule has 0 heterocycles. The summed E-state index contributed by atoms with van der Waals surface area (Å²) in [5.41, 5.74) is 0.717. The highest BCUT2D eigenvalue weighted by Crippen LogP contribution is 2.29. The number of ether oxygens (including phenoxy) is 1. The fourth-order valence-corrected chi connectivity index (χ4v) is 3.19. The number of esters is 1. The summed E-state index contributed by atoms with van der Waals surface area (Å²) < 4.78 is 5.67. The standard InChI is InChI=1S/C21H31ClO3/c1-4-6-8-10-12-20(23)25-17(11-9-7-5-2)13-14-18-16(3)15-19(22)21(18)24/h4,6,14-17H,5,7-13H2,1-3H3/b6-4-,18-14+. The van der Waals surface area contributed by atoms with Gasteiger partial charge in [0.15, 0.2) is 5.78 Å². The van der Waals surface area contributed by atoms with Gasteiger partial charge in [-0.1, -0.05) is 62.6 Å². The molecule has 2 unspecified atom stereocenters. The van der Waals surface area contributed by atoms with E-state index >= 15 is 0 Å². The van der Waals surface area contributed by atoms with E-state index in [1.807, 2.05) is 26.0 Å². The van der Waals surface area contributed by atoms with Crippen LogP contribution in [-0.2, 0) is 14.3 Å². The number of rotatable bonds is 11. The molecule has 0 aromatic carbocycles. The van der Waals surface area contributed by atoms with E-state index in [1.165, 1.54) is 0 Å². The molecule has 0 N–H and O–H groups in total. The summed E-state index contributed by atoms with van der Waals surface area (Å²) in [6.07, 6.45) is 14.4. The normalized spacial score (nSPS) is 20.3. The van der Waals surface area contributed by atoms with Crippen LogP contribution in [0.2, 0.25) is 0 Å². The Balaban J connectivity index is 2.57. The van der Waals surface area contributed by atoms with Crippen molar-refractivity contribution in [1.82, 2.24) is 0 Å². The summed E-state index contributed by atoms with van der Waals surface area (Å²) in [7, 11) is 0. The number of hydrogen-bond donors (Lipinski definition) is 0. The van der Waals surface area contributed by atoms with Crippen LogP contribution in [0.1, 0.15) is 72.1 Å². The molecule has 0 fully saturated rings. The number of halogens is 1. The van der Waals surface area contributed by atoms with E-state index in [9.17, 15) is 9.59 Å². The number of unbranched alkanes of at least 4 members (excludes halogenated alkanes) is 3. The SMILES string of the molecule is C/C=C\CCCC(=O)OC(C/C=C1/C(=O)C(Cl)=CC1C)CCCCC. The third kappa shape index (κ3) is 8.04. The van der Waals surface area contributed by atoms with E-state index in [0.29, 0.717) is 17.9 Å². The Kier molecular flexibility index (Phi) is 10.5. The van der Waals surface area contributed by atoms with Gasteiger partial charge < -0.3 is 4.74 Å². The number of Topliss-reactive ketones (excluding diaryl/α,β-unsaturated/α-hetero) is 1. The minimum absolute atomic E-state index is 0.0350. The quantitative estimate of drug-likeness (QED) is 0.198. The molecular weight excluding hydrogens is 336 g/mol. The second-order valence-electron chi connectivity index (χ2n) is 6.60. The van der Waals surface area contributed by atoms with Gasteiger partial charge in [-0.05, 0) is 32.6 Å². The Bertz CT molecular complexity index is 531. The molecule has 0 amide bonds. The zero-order valence-corrected chi connectivity index (χ0v) is 16.5. The Labute approximate surface area is 157 Å². The average Bonchev–Trinajstić information content (AvgIpc) is 2.82. The third-order valence-corrected chi connectivity index (χ3v) is 4.68. The van der Waals surface area contributed by atoms with Crippen molar-refractivity contribution in [3.63, 3.8) is 0 Å². The van der Waals surface area contributed by atoms with Gasteiger partial charge in [0.05, 0.1) is 5.03 Å². The summed E-state index contributed by atoms with van der Waals surface area (Å²) in [4.78, 5) is 24.1. The van der Waals surface area contributed by atoms with Crippen LogP contribution in [-0.4, -0.2) is 17.9 Å². The summed E-state index contributed by atoms with van der Waals surface area (Å²) >= 11 is 5.92. The summed E-state index contributed by atoms with van der Waals surface area (Å²) in [5, 5.41) is 0.294. The van der Waals surface area contributed by atoms with Crippen LogP contribution in [0.15, 0.2) is 34.9 Å². The smallest absolute Gasteiger partial charge is 0.306 e. The molecule has 0 aliphatic heterocycles. The molecule has 25 heavy (non-hydrogen) atoms. The summed E-state index contributed by atoms with van der Waals surface area (Å²) in [5.74, 6) is -0.210. The zero-order valence-electron chi connectivity index (χ0n) is 15.7. The lowest BCUT2D eigenvalue weighted by Gasteiger charge is -2.17. The van der Waals surface area contributed by atoms with Crippen LogP contribution in [0, 0.1) is 5.92 Å². The van der Waals surface area contributed by atoms with Crippen molar-refractivity contribution in [2.24, 2.45) is 5.92 Å². The van der Waals surface area contributed by atoms with Gasteiger partial charge in [-0.3, -0.25) is 9.59 Å². The first-order valence-electron chi connectivity index (χ1n) is 9.42. The lowest BCUT2D eigenvalue weighted by Crippen LogP contribution is -2.18. The van der Waals surface area contributed by atoms with Crippen LogP contribution >= 0.6 is 11.6 Å². The molecule has 0 aromatic heterocycles. The maximum Gasteiger partial charge on any atom is 0.306 e. The highest BCUT2D eigenvalue weighted by atomic mass is 35.5. The van der Waals surface area contributed by atoms with Crippen LogP contribution in [0.3, 0.4) is 0 Å². The molecule has 1 aliphatic rings. The molecule has 140 valence electrons. The Hall–Kier alpha value is -1.35. The molecular formula is C21H31ClO3. The van der Waals surface area contributed by atoms with Gasteiger partial charge >= 0.3 is 5.97 Å². The molecule has 0 bridgehead atoms. The van der Waals surface area contributed by atoms with Crippen molar-refractivity contribution >= 4 is 23.4 Å². The zero-order chi connectivity index (χ0) is 18.7. The molecule has 1 aliphatic carbocycles. The maximum absolute atomic E-state index is 12.1. The second kappa shape index (κ2) is 12.1. The van der Waals surface area contributed by atoms with E-state index < -0.39 is 0 Å². The largest absolute Gasteiger partial charge is 0.462 e.